The van der Waals surface area contributed by atoms with Crippen LogP contribution in [-0.2, 0) is 13.0 Å². The van der Waals surface area contributed by atoms with E-state index in [2.05, 4.69) is 49.4 Å². The molecule has 23 heavy (non-hydrogen) atoms. The molecule has 1 aromatic heterocycles. The summed E-state index contributed by atoms with van der Waals surface area (Å²) in [7, 11) is 0. The maximum atomic E-state index is 9.42. The number of aryl methyl sites for hydroxylation is 1. The standard InChI is InChI=1S/C20H19N3/c1-15-7-9-17(10-8-15)14-23-18(13-21)12-19(22)20(23)11-16-5-3-2-4-6-16/h2-10,12H,11,14,22H2,1H3. The fourth-order valence-electron chi connectivity index (χ4n) is 2.75. The predicted molar refractivity (Wildman–Crippen MR) is 93.1 cm³/mol. The summed E-state index contributed by atoms with van der Waals surface area (Å²) in [6, 6.07) is 22.6. The highest BCUT2D eigenvalue weighted by atomic mass is 15.0. The van der Waals surface area contributed by atoms with Crippen LogP contribution in [0.15, 0.2) is 60.7 Å². The van der Waals surface area contributed by atoms with Crippen molar-refractivity contribution in [2.24, 2.45) is 0 Å². The molecule has 114 valence electrons. The van der Waals surface area contributed by atoms with Gasteiger partial charge in [-0.1, -0.05) is 60.2 Å². The van der Waals surface area contributed by atoms with E-state index in [0.29, 0.717) is 17.9 Å². The number of benzene rings is 2. The lowest BCUT2D eigenvalue weighted by Gasteiger charge is -2.12. The lowest BCUT2D eigenvalue weighted by atomic mass is 10.1. The molecule has 0 aliphatic carbocycles. The highest BCUT2D eigenvalue weighted by Gasteiger charge is 2.14. The van der Waals surface area contributed by atoms with Crippen molar-refractivity contribution in [3.8, 4) is 6.07 Å². The van der Waals surface area contributed by atoms with Crippen LogP contribution in [0.3, 0.4) is 0 Å². The van der Waals surface area contributed by atoms with E-state index in [1.165, 1.54) is 11.1 Å². The molecule has 0 saturated carbocycles. The summed E-state index contributed by atoms with van der Waals surface area (Å²) < 4.78 is 2.02. The SMILES string of the molecule is Cc1ccc(Cn2c(C#N)cc(N)c2Cc2ccccc2)cc1. The summed E-state index contributed by atoms with van der Waals surface area (Å²) in [6.45, 7) is 2.72. The Balaban J connectivity index is 1.97. The van der Waals surface area contributed by atoms with Crippen molar-refractivity contribution in [1.82, 2.24) is 4.57 Å². The molecule has 2 N–H and O–H groups in total. The maximum Gasteiger partial charge on any atom is 0.122 e. The minimum absolute atomic E-state index is 0.606. The second kappa shape index (κ2) is 6.41. The van der Waals surface area contributed by atoms with Crippen molar-refractivity contribution in [3.63, 3.8) is 0 Å². The van der Waals surface area contributed by atoms with Gasteiger partial charge >= 0.3 is 0 Å². The van der Waals surface area contributed by atoms with Gasteiger partial charge in [0.15, 0.2) is 0 Å². The number of rotatable bonds is 4. The van der Waals surface area contributed by atoms with Crippen LogP contribution in [0.4, 0.5) is 5.69 Å². The van der Waals surface area contributed by atoms with Crippen molar-refractivity contribution >= 4 is 5.69 Å². The van der Waals surface area contributed by atoms with Gasteiger partial charge in [-0.05, 0) is 24.1 Å². The van der Waals surface area contributed by atoms with E-state index in [0.717, 1.165) is 17.7 Å². The zero-order valence-corrected chi connectivity index (χ0v) is 13.2. The van der Waals surface area contributed by atoms with Crippen LogP contribution in [0, 0.1) is 18.3 Å². The number of hydrogen-bond acceptors (Lipinski definition) is 2. The molecule has 0 aliphatic heterocycles. The van der Waals surface area contributed by atoms with Gasteiger partial charge in [0, 0.05) is 18.7 Å². The molecule has 3 nitrogen and oxygen atoms in total. The largest absolute Gasteiger partial charge is 0.397 e. The number of nitrogen functional groups attached to an aromatic ring is 1. The predicted octanol–water partition coefficient (Wildman–Crippen LogP) is 3.89. The minimum Gasteiger partial charge on any atom is -0.397 e. The molecular formula is C20H19N3. The quantitative estimate of drug-likeness (QED) is 0.795. The van der Waals surface area contributed by atoms with Crippen molar-refractivity contribution < 1.29 is 0 Å². The summed E-state index contributed by atoms with van der Waals surface area (Å²) in [5.41, 5.74) is 12.0. The van der Waals surface area contributed by atoms with Crippen LogP contribution in [0.25, 0.3) is 0 Å². The van der Waals surface area contributed by atoms with Gasteiger partial charge in [0.05, 0.1) is 5.69 Å². The molecule has 0 radical (unpaired) electrons. The molecule has 0 saturated heterocycles. The average Bonchev–Trinajstić information content (AvgIpc) is 2.86. The van der Waals surface area contributed by atoms with Gasteiger partial charge in [0.25, 0.3) is 0 Å². The third kappa shape index (κ3) is 3.27. The van der Waals surface area contributed by atoms with Crippen LogP contribution >= 0.6 is 0 Å². The van der Waals surface area contributed by atoms with Crippen LogP contribution in [-0.4, -0.2) is 4.57 Å². The van der Waals surface area contributed by atoms with Crippen LogP contribution in [0.5, 0.6) is 0 Å². The van der Waals surface area contributed by atoms with E-state index in [1.807, 2.05) is 22.8 Å². The number of aromatic nitrogens is 1. The van der Waals surface area contributed by atoms with Gasteiger partial charge < -0.3 is 10.3 Å². The molecular weight excluding hydrogens is 282 g/mol. The van der Waals surface area contributed by atoms with E-state index >= 15 is 0 Å². The number of anilines is 1. The number of nitrogens with zero attached hydrogens (tertiary/aromatic N) is 2. The Hall–Kier alpha value is -2.99. The van der Waals surface area contributed by atoms with Crippen LogP contribution in [0.2, 0.25) is 0 Å². The van der Waals surface area contributed by atoms with Gasteiger partial charge in [-0.3, -0.25) is 0 Å². The minimum atomic E-state index is 0.606. The Labute approximate surface area is 136 Å². The fraction of sp³-hybridized carbons (Fsp3) is 0.150. The van der Waals surface area contributed by atoms with E-state index in [9.17, 15) is 5.26 Å². The molecule has 3 rings (SSSR count). The Morgan fingerprint density at radius 2 is 1.70 bits per heavy atom. The van der Waals surface area contributed by atoms with Gasteiger partial charge in [0.1, 0.15) is 11.8 Å². The summed E-state index contributed by atoms with van der Waals surface area (Å²) in [5.74, 6) is 0. The third-order valence-electron chi connectivity index (χ3n) is 4.03. The van der Waals surface area contributed by atoms with Gasteiger partial charge in [-0.25, -0.2) is 0 Å². The van der Waals surface area contributed by atoms with Crippen molar-refractivity contribution in [1.29, 1.82) is 5.26 Å². The van der Waals surface area contributed by atoms with Crippen molar-refractivity contribution in [3.05, 3.63) is 88.7 Å². The molecule has 1 heterocycles. The summed E-state index contributed by atoms with van der Waals surface area (Å²) in [6.07, 6.45) is 0.722. The normalized spacial score (nSPS) is 10.4. The molecule has 0 amide bonds. The molecule has 0 atom stereocenters. The van der Waals surface area contributed by atoms with E-state index < -0.39 is 0 Å². The number of hydrogen-bond donors (Lipinski definition) is 1. The Morgan fingerprint density at radius 3 is 2.35 bits per heavy atom. The second-order valence-corrected chi connectivity index (χ2v) is 5.78. The first kappa shape index (κ1) is 14.9. The first-order chi connectivity index (χ1) is 11.2. The lowest BCUT2D eigenvalue weighted by Crippen LogP contribution is -2.08. The van der Waals surface area contributed by atoms with E-state index in [-0.39, 0.29) is 0 Å². The molecule has 3 heteroatoms. The first-order valence-corrected chi connectivity index (χ1v) is 7.65. The van der Waals surface area contributed by atoms with Crippen LogP contribution < -0.4 is 5.73 Å². The molecule has 0 fully saturated rings. The van der Waals surface area contributed by atoms with E-state index in [4.69, 9.17) is 5.73 Å². The van der Waals surface area contributed by atoms with Gasteiger partial charge in [0.2, 0.25) is 0 Å². The second-order valence-electron chi connectivity index (χ2n) is 5.78. The van der Waals surface area contributed by atoms with Gasteiger partial charge in [-0.2, -0.15) is 5.26 Å². The Kier molecular flexibility index (Phi) is 4.16. The molecule has 3 aromatic rings. The van der Waals surface area contributed by atoms with Crippen molar-refractivity contribution in [2.45, 2.75) is 19.9 Å². The Bertz CT molecular complexity index is 837. The summed E-state index contributed by atoms with van der Waals surface area (Å²) in [4.78, 5) is 0. The molecule has 0 unspecified atom stereocenters. The highest BCUT2D eigenvalue weighted by Crippen LogP contribution is 2.23. The highest BCUT2D eigenvalue weighted by molar-refractivity contribution is 5.52. The fourth-order valence-corrected chi connectivity index (χ4v) is 2.75. The Morgan fingerprint density at radius 1 is 1.00 bits per heavy atom. The molecule has 0 spiro atoms. The smallest absolute Gasteiger partial charge is 0.122 e. The average molecular weight is 301 g/mol. The lowest BCUT2D eigenvalue weighted by molar-refractivity contribution is 0.749. The number of nitrogens with two attached hydrogens (primary N) is 1. The van der Waals surface area contributed by atoms with Crippen LogP contribution in [0.1, 0.15) is 28.1 Å². The summed E-state index contributed by atoms with van der Waals surface area (Å²) in [5, 5.41) is 9.42. The first-order valence-electron chi connectivity index (χ1n) is 7.65. The summed E-state index contributed by atoms with van der Waals surface area (Å²) >= 11 is 0. The molecule has 0 aliphatic rings. The molecule has 2 aromatic carbocycles. The van der Waals surface area contributed by atoms with Crippen molar-refractivity contribution in [2.75, 3.05) is 5.73 Å². The zero-order valence-electron chi connectivity index (χ0n) is 13.2. The third-order valence-corrected chi connectivity index (χ3v) is 4.03. The topological polar surface area (TPSA) is 54.7 Å². The molecule has 0 bridgehead atoms. The zero-order chi connectivity index (χ0) is 16.2. The van der Waals surface area contributed by atoms with E-state index in [1.54, 1.807) is 6.07 Å². The monoisotopic (exact) mass is 301 g/mol. The van der Waals surface area contributed by atoms with Gasteiger partial charge in [-0.15, -0.1) is 0 Å². The number of nitriles is 1. The maximum absolute atomic E-state index is 9.42.